The lowest BCUT2D eigenvalue weighted by Gasteiger charge is -2.37. The van der Waals surface area contributed by atoms with E-state index in [2.05, 4.69) is 75.6 Å². The van der Waals surface area contributed by atoms with E-state index in [1.807, 2.05) is 12.1 Å². The van der Waals surface area contributed by atoms with Crippen molar-refractivity contribution in [1.82, 2.24) is 19.9 Å². The number of aromatic amines is 1. The van der Waals surface area contributed by atoms with Crippen molar-refractivity contribution in [2.24, 2.45) is 0 Å². The van der Waals surface area contributed by atoms with Gasteiger partial charge >= 0.3 is 0 Å². The number of imidazole rings is 1. The summed E-state index contributed by atoms with van der Waals surface area (Å²) in [6.07, 6.45) is 1.78. The Bertz CT molecular complexity index is 1030. The van der Waals surface area contributed by atoms with E-state index in [0.717, 1.165) is 48.9 Å². The van der Waals surface area contributed by atoms with Crippen molar-refractivity contribution >= 4 is 34.4 Å². The standard InChI is InChI=1S/C22H27ClN6/c1-15(28-10-12-29(13-11-28)20-17(23)6-5-9-24-20)25-21-26-18-8-7-16(22(2,3)4)14-19(18)27-21/h5-9,14H,1,10-13H2,2-4H3,(H2,25,26,27). The maximum Gasteiger partial charge on any atom is 0.206 e. The van der Waals surface area contributed by atoms with E-state index >= 15 is 0 Å². The third-order valence-electron chi connectivity index (χ3n) is 5.31. The van der Waals surface area contributed by atoms with E-state index in [9.17, 15) is 0 Å². The van der Waals surface area contributed by atoms with Crippen LogP contribution in [0.15, 0.2) is 48.9 Å². The lowest BCUT2D eigenvalue weighted by molar-refractivity contribution is 0.324. The van der Waals surface area contributed by atoms with Crippen molar-refractivity contribution in [2.45, 2.75) is 26.2 Å². The van der Waals surface area contributed by atoms with Gasteiger partial charge in [-0.2, -0.15) is 0 Å². The Hall–Kier alpha value is -2.73. The van der Waals surface area contributed by atoms with Crippen molar-refractivity contribution in [3.8, 4) is 0 Å². The monoisotopic (exact) mass is 410 g/mol. The number of nitrogens with zero attached hydrogens (tertiary/aromatic N) is 4. The zero-order valence-corrected chi connectivity index (χ0v) is 17.9. The van der Waals surface area contributed by atoms with Crippen LogP contribution in [-0.2, 0) is 5.41 Å². The highest BCUT2D eigenvalue weighted by Gasteiger charge is 2.21. The predicted molar refractivity (Wildman–Crippen MR) is 121 cm³/mol. The van der Waals surface area contributed by atoms with Crippen LogP contribution < -0.4 is 10.2 Å². The maximum atomic E-state index is 6.28. The number of pyridine rings is 1. The zero-order valence-electron chi connectivity index (χ0n) is 17.2. The van der Waals surface area contributed by atoms with E-state index in [-0.39, 0.29) is 5.41 Å². The summed E-state index contributed by atoms with van der Waals surface area (Å²) in [7, 11) is 0. The molecule has 0 saturated carbocycles. The molecule has 2 aromatic heterocycles. The molecule has 0 spiro atoms. The molecule has 0 unspecified atom stereocenters. The van der Waals surface area contributed by atoms with Crippen LogP contribution in [0.5, 0.6) is 0 Å². The SMILES string of the molecule is C=C(Nc1nc2ccc(C(C)(C)C)cc2[nH]1)N1CCN(c2ncccc2Cl)CC1. The molecule has 0 atom stereocenters. The number of anilines is 2. The fraction of sp³-hybridized carbons (Fsp3) is 0.364. The lowest BCUT2D eigenvalue weighted by Crippen LogP contribution is -2.47. The van der Waals surface area contributed by atoms with E-state index in [1.54, 1.807) is 6.20 Å². The molecule has 3 aromatic rings. The minimum absolute atomic E-state index is 0.104. The zero-order chi connectivity index (χ0) is 20.6. The molecule has 0 radical (unpaired) electrons. The largest absolute Gasteiger partial charge is 0.355 e. The molecular weight excluding hydrogens is 384 g/mol. The molecule has 1 fully saturated rings. The number of piperazine rings is 1. The van der Waals surface area contributed by atoms with Gasteiger partial charge in [-0.25, -0.2) is 9.97 Å². The molecule has 0 amide bonds. The quantitative estimate of drug-likeness (QED) is 0.657. The number of rotatable bonds is 4. The number of hydrogen-bond acceptors (Lipinski definition) is 5. The molecule has 152 valence electrons. The third kappa shape index (κ3) is 4.17. The minimum Gasteiger partial charge on any atom is -0.355 e. The topological polar surface area (TPSA) is 60.1 Å². The van der Waals surface area contributed by atoms with E-state index in [0.29, 0.717) is 11.0 Å². The predicted octanol–water partition coefficient (Wildman–Crippen LogP) is 4.61. The van der Waals surface area contributed by atoms with Crippen LogP contribution in [0.25, 0.3) is 11.0 Å². The molecule has 6 nitrogen and oxygen atoms in total. The number of aromatic nitrogens is 3. The number of nitrogens with one attached hydrogen (secondary N) is 2. The third-order valence-corrected chi connectivity index (χ3v) is 5.61. The summed E-state index contributed by atoms with van der Waals surface area (Å²) in [5.74, 6) is 2.40. The van der Waals surface area contributed by atoms with Gasteiger partial charge in [-0.1, -0.05) is 45.0 Å². The molecule has 1 aliphatic rings. The summed E-state index contributed by atoms with van der Waals surface area (Å²) in [4.78, 5) is 16.9. The van der Waals surface area contributed by atoms with Crippen LogP contribution in [0.2, 0.25) is 5.02 Å². The van der Waals surface area contributed by atoms with Gasteiger partial charge in [0.25, 0.3) is 0 Å². The summed E-state index contributed by atoms with van der Waals surface area (Å²) in [6, 6.07) is 10.1. The number of fused-ring (bicyclic) bond motifs is 1. The van der Waals surface area contributed by atoms with Crippen molar-refractivity contribution in [3.05, 3.63) is 59.5 Å². The van der Waals surface area contributed by atoms with Crippen molar-refractivity contribution in [3.63, 3.8) is 0 Å². The van der Waals surface area contributed by atoms with E-state index in [4.69, 9.17) is 11.6 Å². The van der Waals surface area contributed by atoms with Crippen molar-refractivity contribution < 1.29 is 0 Å². The summed E-state index contributed by atoms with van der Waals surface area (Å²) >= 11 is 6.28. The lowest BCUT2D eigenvalue weighted by atomic mass is 9.87. The van der Waals surface area contributed by atoms with Crippen molar-refractivity contribution in [2.75, 3.05) is 36.4 Å². The first-order chi connectivity index (χ1) is 13.8. The Labute approximate surface area is 176 Å². The van der Waals surface area contributed by atoms with Crippen LogP contribution in [-0.4, -0.2) is 46.0 Å². The van der Waals surface area contributed by atoms with Gasteiger partial charge in [0, 0.05) is 32.4 Å². The number of H-pyrrole nitrogens is 1. The smallest absolute Gasteiger partial charge is 0.206 e. The summed E-state index contributed by atoms with van der Waals surface area (Å²) in [5, 5.41) is 4.02. The van der Waals surface area contributed by atoms with Crippen LogP contribution in [0.3, 0.4) is 0 Å². The maximum absolute atomic E-state index is 6.28. The average molecular weight is 411 g/mol. The minimum atomic E-state index is 0.104. The van der Waals surface area contributed by atoms with Crippen LogP contribution in [0.4, 0.5) is 11.8 Å². The highest BCUT2D eigenvalue weighted by molar-refractivity contribution is 6.32. The number of hydrogen-bond donors (Lipinski definition) is 2. The Balaban J connectivity index is 1.40. The van der Waals surface area contributed by atoms with Gasteiger partial charge in [-0.05, 0) is 35.2 Å². The molecular formula is C22H27ClN6. The first-order valence-corrected chi connectivity index (χ1v) is 10.3. The van der Waals surface area contributed by atoms with Gasteiger partial charge in [0.1, 0.15) is 11.6 Å². The fourth-order valence-electron chi connectivity index (χ4n) is 3.55. The van der Waals surface area contributed by atoms with Gasteiger partial charge < -0.3 is 20.1 Å². The molecule has 0 aliphatic carbocycles. The van der Waals surface area contributed by atoms with Gasteiger partial charge in [-0.15, -0.1) is 0 Å². The van der Waals surface area contributed by atoms with Gasteiger partial charge in [0.15, 0.2) is 0 Å². The Morgan fingerprint density at radius 1 is 1.17 bits per heavy atom. The van der Waals surface area contributed by atoms with E-state index in [1.165, 1.54) is 5.56 Å². The molecule has 4 rings (SSSR count). The molecule has 1 aliphatic heterocycles. The highest BCUT2D eigenvalue weighted by Crippen LogP contribution is 2.27. The van der Waals surface area contributed by atoms with Gasteiger partial charge in [0.2, 0.25) is 5.95 Å². The second-order valence-electron chi connectivity index (χ2n) is 8.42. The first kappa shape index (κ1) is 19.6. The highest BCUT2D eigenvalue weighted by atomic mass is 35.5. The number of benzene rings is 1. The van der Waals surface area contributed by atoms with E-state index < -0.39 is 0 Å². The normalized spacial score (nSPS) is 15.0. The summed E-state index contributed by atoms with van der Waals surface area (Å²) in [5.41, 5.74) is 3.36. The van der Waals surface area contributed by atoms with Crippen LogP contribution >= 0.6 is 11.6 Å². The molecule has 1 aromatic carbocycles. The first-order valence-electron chi connectivity index (χ1n) is 9.88. The molecule has 2 N–H and O–H groups in total. The summed E-state index contributed by atoms with van der Waals surface area (Å²) in [6.45, 7) is 14.2. The average Bonchev–Trinajstić information content (AvgIpc) is 3.09. The molecule has 3 heterocycles. The molecule has 7 heteroatoms. The fourth-order valence-corrected chi connectivity index (χ4v) is 3.79. The van der Waals surface area contributed by atoms with Gasteiger partial charge in [-0.3, -0.25) is 0 Å². The van der Waals surface area contributed by atoms with Crippen LogP contribution in [0.1, 0.15) is 26.3 Å². The second-order valence-corrected chi connectivity index (χ2v) is 8.83. The Morgan fingerprint density at radius 2 is 1.93 bits per heavy atom. The Morgan fingerprint density at radius 3 is 2.62 bits per heavy atom. The Kier molecular flexibility index (Phi) is 5.13. The molecule has 29 heavy (non-hydrogen) atoms. The van der Waals surface area contributed by atoms with Crippen molar-refractivity contribution in [1.29, 1.82) is 0 Å². The second kappa shape index (κ2) is 7.59. The number of halogens is 1. The molecule has 1 saturated heterocycles. The van der Waals surface area contributed by atoms with Gasteiger partial charge in [0.05, 0.1) is 16.1 Å². The summed E-state index contributed by atoms with van der Waals surface area (Å²) < 4.78 is 0. The molecule has 0 bridgehead atoms. The van der Waals surface area contributed by atoms with Crippen LogP contribution in [0, 0.1) is 0 Å².